The summed E-state index contributed by atoms with van der Waals surface area (Å²) in [6.07, 6.45) is -2.44. The van der Waals surface area contributed by atoms with Crippen molar-refractivity contribution in [2.24, 2.45) is 17.8 Å². The van der Waals surface area contributed by atoms with Gasteiger partial charge in [0.15, 0.2) is 11.5 Å². The molecule has 2 aromatic heterocycles. The summed E-state index contributed by atoms with van der Waals surface area (Å²) in [5.74, 6) is -2.81. The highest BCUT2D eigenvalue weighted by Gasteiger charge is 2.47. The van der Waals surface area contributed by atoms with Crippen molar-refractivity contribution in [2.45, 2.75) is 103 Å². The second kappa shape index (κ2) is 16.9. The Bertz CT molecular complexity index is 1990. The van der Waals surface area contributed by atoms with Crippen molar-refractivity contribution in [1.29, 1.82) is 0 Å². The number of carbonyl (C=O) groups is 4. The van der Waals surface area contributed by atoms with Crippen LogP contribution in [0.1, 0.15) is 110 Å². The minimum absolute atomic E-state index is 0.0267. The molecular formula is C41H48F3N3O6S. The van der Waals surface area contributed by atoms with Gasteiger partial charge in [-0.15, -0.1) is 11.3 Å². The van der Waals surface area contributed by atoms with E-state index < -0.39 is 41.0 Å². The highest BCUT2D eigenvalue weighted by atomic mass is 32.1. The van der Waals surface area contributed by atoms with Crippen LogP contribution in [-0.4, -0.2) is 51.2 Å². The molecule has 2 aromatic carbocycles. The van der Waals surface area contributed by atoms with Gasteiger partial charge in [0.05, 0.1) is 23.2 Å². The Morgan fingerprint density at radius 3 is 2.35 bits per heavy atom. The van der Waals surface area contributed by atoms with Gasteiger partial charge >= 0.3 is 12.1 Å². The molecule has 5 rings (SSSR count). The van der Waals surface area contributed by atoms with E-state index in [-0.39, 0.29) is 73.1 Å². The number of thiazole rings is 1. The first kappa shape index (κ1) is 40.7. The summed E-state index contributed by atoms with van der Waals surface area (Å²) in [5, 5.41) is 14.9. The van der Waals surface area contributed by atoms with Crippen LogP contribution in [0, 0.1) is 17.8 Å². The van der Waals surface area contributed by atoms with Crippen LogP contribution in [0.3, 0.4) is 0 Å². The van der Waals surface area contributed by atoms with E-state index >= 15 is 0 Å². The van der Waals surface area contributed by atoms with Crippen molar-refractivity contribution in [1.82, 2.24) is 15.3 Å². The Labute approximate surface area is 317 Å². The minimum Gasteiger partial charge on any atom is -0.497 e. The summed E-state index contributed by atoms with van der Waals surface area (Å²) >= 11 is 1.16. The van der Waals surface area contributed by atoms with E-state index in [0.29, 0.717) is 46.7 Å². The first-order valence-electron chi connectivity index (χ1n) is 18.5. The Kier molecular flexibility index (Phi) is 12.7. The lowest BCUT2D eigenvalue weighted by Gasteiger charge is -2.39. The summed E-state index contributed by atoms with van der Waals surface area (Å²) in [6.45, 7) is 7.75. The van der Waals surface area contributed by atoms with E-state index in [2.05, 4.69) is 15.3 Å². The number of carboxylic acid groups (broad SMARTS) is 1. The summed E-state index contributed by atoms with van der Waals surface area (Å²) in [6, 6.07) is 11.4. The third-order valence-electron chi connectivity index (χ3n) is 11.3. The lowest BCUT2D eigenvalue weighted by atomic mass is 9.72. The zero-order valence-electron chi connectivity index (χ0n) is 31.3. The van der Waals surface area contributed by atoms with Crippen molar-refractivity contribution in [2.75, 3.05) is 7.11 Å². The molecule has 0 spiro atoms. The zero-order chi connectivity index (χ0) is 39.4. The summed E-state index contributed by atoms with van der Waals surface area (Å²) < 4.78 is 47.5. The van der Waals surface area contributed by atoms with Crippen molar-refractivity contribution >= 4 is 45.7 Å². The molecule has 0 fully saturated rings. The number of fused-ring (bicyclic) bond motifs is 3. The molecule has 290 valence electrons. The molecule has 13 heteroatoms. The maximum atomic E-state index is 14.9. The Balaban J connectivity index is 1.48. The van der Waals surface area contributed by atoms with Crippen molar-refractivity contribution in [3.05, 3.63) is 80.9 Å². The molecular weight excluding hydrogens is 720 g/mol. The molecule has 54 heavy (non-hydrogen) atoms. The van der Waals surface area contributed by atoms with Gasteiger partial charge < -0.3 is 20.1 Å². The third kappa shape index (κ3) is 8.88. The number of nitrogens with zero attached hydrogens (tertiary/aromatic N) is 1. The van der Waals surface area contributed by atoms with E-state index in [1.54, 1.807) is 13.2 Å². The van der Waals surface area contributed by atoms with E-state index in [4.69, 9.17) is 4.74 Å². The van der Waals surface area contributed by atoms with Gasteiger partial charge in [-0.3, -0.25) is 14.4 Å². The van der Waals surface area contributed by atoms with Gasteiger partial charge in [0.25, 0.3) is 0 Å². The van der Waals surface area contributed by atoms with Gasteiger partial charge in [0, 0.05) is 54.0 Å². The number of aryl methyl sites for hydroxylation is 2. The SMILES string of the molecule is CC[C@H](C)[C@H](CC(=O)CCc1ccc(OC)cc1)C(=O)N[C@]1(C(=O)C[C@H](c2nc(C(=O)O)cs2)[C@@H](C)CC)CCc2[nH]c3c(C(F)(F)F)cccc3c2C1. The number of hydrogen-bond donors (Lipinski definition) is 3. The zero-order valence-corrected chi connectivity index (χ0v) is 32.1. The molecule has 0 aliphatic heterocycles. The standard InChI is InChI=1S/C41H48F3N3O6S/c1-6-23(3)29(19-26(48)14-11-25-12-15-27(53-5)16-13-25)37(50)47-40(35(49)20-30(24(4)7-2)38-46-34(22-54-38)39(51)52)18-17-33-31(21-40)28-9-8-10-32(36(28)45-33)41(42,43)44/h8-10,12-13,15-16,22-24,29-30,45H,6-7,11,14,17-21H2,1-5H3,(H,47,50)(H,51,52)/t23-,24-,29-,30-,40+/m0/s1. The number of H-pyrrole nitrogens is 1. The fourth-order valence-corrected chi connectivity index (χ4v) is 8.51. The molecule has 2 heterocycles. The monoisotopic (exact) mass is 767 g/mol. The van der Waals surface area contributed by atoms with Gasteiger partial charge in [-0.2, -0.15) is 13.2 Å². The van der Waals surface area contributed by atoms with Gasteiger partial charge in [0.1, 0.15) is 17.1 Å². The van der Waals surface area contributed by atoms with Crippen LogP contribution < -0.4 is 10.1 Å². The molecule has 9 nitrogen and oxygen atoms in total. The number of rotatable bonds is 17. The molecule has 4 aromatic rings. The lowest BCUT2D eigenvalue weighted by Crippen LogP contribution is -2.59. The van der Waals surface area contributed by atoms with E-state index in [1.807, 2.05) is 52.0 Å². The lowest BCUT2D eigenvalue weighted by molar-refractivity contribution is -0.137. The van der Waals surface area contributed by atoms with Gasteiger partial charge in [-0.05, 0) is 60.4 Å². The summed E-state index contributed by atoms with van der Waals surface area (Å²) in [5.41, 5.74) is -0.417. The Morgan fingerprint density at radius 2 is 1.74 bits per heavy atom. The van der Waals surface area contributed by atoms with Crippen LogP contribution in [0.15, 0.2) is 47.8 Å². The number of ketones is 2. The first-order chi connectivity index (χ1) is 25.6. The first-order valence-corrected chi connectivity index (χ1v) is 19.4. The molecule has 0 saturated heterocycles. The second-order valence-corrected chi connectivity index (χ2v) is 15.5. The van der Waals surface area contributed by atoms with Gasteiger partial charge in [-0.1, -0.05) is 64.8 Å². The fourth-order valence-electron chi connectivity index (χ4n) is 7.48. The Hall–Kier alpha value is -4.52. The number of methoxy groups -OCH3 is 1. The van der Waals surface area contributed by atoms with E-state index in [0.717, 1.165) is 23.0 Å². The number of carboxylic acids is 1. The fraction of sp³-hybridized carbons (Fsp3) is 0.488. The number of aromatic nitrogens is 2. The maximum absolute atomic E-state index is 14.9. The molecule has 0 radical (unpaired) electrons. The molecule has 0 saturated carbocycles. The summed E-state index contributed by atoms with van der Waals surface area (Å²) in [4.78, 5) is 61.7. The van der Waals surface area contributed by atoms with Crippen LogP contribution >= 0.6 is 11.3 Å². The highest BCUT2D eigenvalue weighted by molar-refractivity contribution is 7.09. The average Bonchev–Trinajstić information content (AvgIpc) is 3.79. The van der Waals surface area contributed by atoms with Crippen molar-refractivity contribution in [3.63, 3.8) is 0 Å². The largest absolute Gasteiger partial charge is 0.497 e. The second-order valence-electron chi connectivity index (χ2n) is 14.6. The van der Waals surface area contributed by atoms with E-state index in [9.17, 15) is 37.5 Å². The topological polar surface area (TPSA) is 138 Å². The number of ether oxygens (including phenoxy) is 1. The van der Waals surface area contributed by atoms with Crippen molar-refractivity contribution < 1.29 is 42.2 Å². The number of halogens is 3. The number of aromatic amines is 1. The number of para-hydroxylation sites is 1. The average molecular weight is 768 g/mol. The molecule has 5 atom stereocenters. The molecule has 1 aliphatic carbocycles. The predicted octanol–water partition coefficient (Wildman–Crippen LogP) is 8.74. The number of amides is 1. The molecule has 1 aliphatic rings. The van der Waals surface area contributed by atoms with Gasteiger partial charge in [-0.25, -0.2) is 9.78 Å². The smallest absolute Gasteiger partial charge is 0.418 e. The van der Waals surface area contributed by atoms with Gasteiger partial charge in [0.2, 0.25) is 5.91 Å². The number of benzene rings is 2. The van der Waals surface area contributed by atoms with E-state index in [1.165, 1.54) is 11.4 Å². The summed E-state index contributed by atoms with van der Waals surface area (Å²) in [7, 11) is 1.58. The van der Waals surface area contributed by atoms with Crippen LogP contribution in [0.25, 0.3) is 10.9 Å². The van der Waals surface area contributed by atoms with Crippen LogP contribution in [0.4, 0.5) is 13.2 Å². The molecule has 3 N–H and O–H groups in total. The van der Waals surface area contributed by atoms with Crippen LogP contribution in [-0.2, 0) is 39.8 Å². The maximum Gasteiger partial charge on any atom is 0.418 e. The van der Waals surface area contributed by atoms with Crippen LogP contribution in [0.2, 0.25) is 0 Å². The third-order valence-corrected chi connectivity index (χ3v) is 12.2. The molecule has 0 bridgehead atoms. The number of Topliss-reactive ketones (excluding diaryl/α,β-unsaturated/α-hetero) is 2. The number of aromatic carboxylic acids is 1. The van der Waals surface area contributed by atoms with Crippen LogP contribution in [0.5, 0.6) is 5.75 Å². The number of hydrogen-bond acceptors (Lipinski definition) is 7. The molecule has 0 unspecified atom stereocenters. The quantitative estimate of drug-likeness (QED) is 0.0977. The minimum atomic E-state index is -4.61. The number of nitrogens with one attached hydrogen (secondary N) is 2. The number of alkyl halides is 3. The normalized spacial score (nSPS) is 18.0. The predicted molar refractivity (Wildman–Crippen MR) is 201 cm³/mol. The Morgan fingerprint density at radius 1 is 1.04 bits per heavy atom. The van der Waals surface area contributed by atoms with Crippen molar-refractivity contribution in [3.8, 4) is 5.75 Å². The molecule has 1 amide bonds. The highest BCUT2D eigenvalue weighted by Crippen LogP contribution is 2.42. The number of carbonyl (C=O) groups excluding carboxylic acids is 3.